The SMILES string of the molecule is Cc1cc(NN)ccc1C(=O)N1CCCC(C)(O)C1. The van der Waals surface area contributed by atoms with Gasteiger partial charge in [0.1, 0.15) is 0 Å². The number of nitrogens with one attached hydrogen (secondary N) is 1. The van der Waals surface area contributed by atoms with Crippen LogP contribution in [-0.2, 0) is 0 Å². The number of piperidine rings is 1. The second-order valence-corrected chi connectivity index (χ2v) is 5.50. The summed E-state index contributed by atoms with van der Waals surface area (Å²) >= 11 is 0. The van der Waals surface area contributed by atoms with Gasteiger partial charge in [0.2, 0.25) is 0 Å². The minimum atomic E-state index is -0.777. The number of nitrogens with zero attached hydrogens (tertiary/aromatic N) is 1. The highest BCUT2D eigenvalue weighted by Gasteiger charge is 2.31. The van der Waals surface area contributed by atoms with Gasteiger partial charge in [-0.2, -0.15) is 0 Å². The maximum absolute atomic E-state index is 12.5. The van der Waals surface area contributed by atoms with E-state index in [9.17, 15) is 9.90 Å². The van der Waals surface area contributed by atoms with Gasteiger partial charge >= 0.3 is 0 Å². The number of β-amino-alcohol motifs (C(OH)–C–C–N with tert-alkyl or cyclic N) is 1. The van der Waals surface area contributed by atoms with E-state index in [4.69, 9.17) is 5.84 Å². The van der Waals surface area contributed by atoms with E-state index < -0.39 is 5.60 Å². The summed E-state index contributed by atoms with van der Waals surface area (Å²) < 4.78 is 0. The molecule has 19 heavy (non-hydrogen) atoms. The normalized spacial score (nSPS) is 23.3. The molecule has 0 radical (unpaired) electrons. The highest BCUT2D eigenvalue weighted by molar-refractivity contribution is 5.96. The van der Waals surface area contributed by atoms with E-state index in [1.165, 1.54) is 0 Å². The lowest BCUT2D eigenvalue weighted by Crippen LogP contribution is -2.48. The zero-order valence-electron chi connectivity index (χ0n) is 11.4. The van der Waals surface area contributed by atoms with Crippen LogP contribution in [0.2, 0.25) is 0 Å². The maximum Gasteiger partial charge on any atom is 0.254 e. The molecule has 2 rings (SSSR count). The number of hydrogen-bond acceptors (Lipinski definition) is 4. The number of nitrogen functional groups attached to an aromatic ring is 1. The van der Waals surface area contributed by atoms with Gasteiger partial charge in [-0.3, -0.25) is 10.6 Å². The molecule has 1 saturated heterocycles. The van der Waals surface area contributed by atoms with Gasteiger partial charge in [0, 0.05) is 24.3 Å². The van der Waals surface area contributed by atoms with Crippen LogP contribution < -0.4 is 11.3 Å². The lowest BCUT2D eigenvalue weighted by molar-refractivity contribution is -0.0107. The van der Waals surface area contributed by atoms with Crippen LogP contribution in [-0.4, -0.2) is 34.6 Å². The van der Waals surface area contributed by atoms with E-state index in [2.05, 4.69) is 5.43 Å². The molecular formula is C14H21N3O2. The smallest absolute Gasteiger partial charge is 0.254 e. The molecule has 1 aromatic carbocycles. The fraction of sp³-hybridized carbons (Fsp3) is 0.500. The Hall–Kier alpha value is -1.59. The zero-order chi connectivity index (χ0) is 14.0. The Morgan fingerprint density at radius 2 is 2.26 bits per heavy atom. The number of likely N-dealkylation sites (tertiary alicyclic amines) is 1. The van der Waals surface area contributed by atoms with Gasteiger partial charge in [-0.05, 0) is 50.5 Å². The third-order valence-electron chi connectivity index (χ3n) is 3.59. The van der Waals surface area contributed by atoms with Crippen LogP contribution in [0.25, 0.3) is 0 Å². The quantitative estimate of drug-likeness (QED) is 0.554. The average molecular weight is 263 g/mol. The van der Waals surface area contributed by atoms with Gasteiger partial charge in [0.25, 0.3) is 5.91 Å². The van der Waals surface area contributed by atoms with E-state index in [0.29, 0.717) is 18.7 Å². The van der Waals surface area contributed by atoms with Crippen molar-refractivity contribution in [3.63, 3.8) is 0 Å². The second kappa shape index (κ2) is 5.19. The number of nitrogens with two attached hydrogens (primary N) is 1. The summed E-state index contributed by atoms with van der Waals surface area (Å²) in [4.78, 5) is 14.2. The van der Waals surface area contributed by atoms with Crippen molar-refractivity contribution in [1.29, 1.82) is 0 Å². The second-order valence-electron chi connectivity index (χ2n) is 5.50. The molecule has 1 atom stereocenters. The Morgan fingerprint density at radius 3 is 2.84 bits per heavy atom. The molecule has 1 unspecified atom stereocenters. The Balaban J connectivity index is 2.20. The summed E-state index contributed by atoms with van der Waals surface area (Å²) in [6, 6.07) is 5.40. The largest absolute Gasteiger partial charge is 0.388 e. The topological polar surface area (TPSA) is 78.6 Å². The van der Waals surface area contributed by atoms with Crippen molar-refractivity contribution < 1.29 is 9.90 Å². The van der Waals surface area contributed by atoms with E-state index in [1.54, 1.807) is 24.0 Å². The average Bonchev–Trinajstić information content (AvgIpc) is 2.36. The lowest BCUT2D eigenvalue weighted by Gasteiger charge is -2.37. The first-order valence-electron chi connectivity index (χ1n) is 6.52. The van der Waals surface area contributed by atoms with Crippen molar-refractivity contribution in [3.8, 4) is 0 Å². The molecule has 5 nitrogen and oxygen atoms in total. The molecule has 1 aliphatic rings. The number of hydrazine groups is 1. The number of hydrogen-bond donors (Lipinski definition) is 3. The van der Waals surface area contributed by atoms with Gasteiger partial charge in [-0.15, -0.1) is 0 Å². The first-order valence-corrected chi connectivity index (χ1v) is 6.52. The van der Waals surface area contributed by atoms with Crippen molar-refractivity contribution in [2.75, 3.05) is 18.5 Å². The van der Waals surface area contributed by atoms with Crippen molar-refractivity contribution in [2.24, 2.45) is 5.84 Å². The standard InChI is InChI=1S/C14H21N3O2/c1-10-8-11(16-15)4-5-12(10)13(18)17-7-3-6-14(2,19)9-17/h4-5,8,16,19H,3,6-7,9,15H2,1-2H3. The van der Waals surface area contributed by atoms with Gasteiger partial charge in [0.15, 0.2) is 0 Å². The molecule has 4 N–H and O–H groups in total. The highest BCUT2D eigenvalue weighted by Crippen LogP contribution is 2.23. The Labute approximate surface area is 113 Å². The molecule has 1 aliphatic heterocycles. The predicted molar refractivity (Wildman–Crippen MR) is 74.8 cm³/mol. The van der Waals surface area contributed by atoms with Gasteiger partial charge in [-0.25, -0.2) is 0 Å². The van der Waals surface area contributed by atoms with Crippen LogP contribution in [0.3, 0.4) is 0 Å². The summed E-state index contributed by atoms with van der Waals surface area (Å²) in [7, 11) is 0. The van der Waals surface area contributed by atoms with E-state index in [1.807, 2.05) is 13.0 Å². The van der Waals surface area contributed by atoms with Crippen LogP contribution in [0.15, 0.2) is 18.2 Å². The Kier molecular flexibility index (Phi) is 3.78. The summed E-state index contributed by atoms with van der Waals surface area (Å²) in [5.74, 6) is 5.32. The number of amides is 1. The number of benzene rings is 1. The van der Waals surface area contributed by atoms with E-state index >= 15 is 0 Å². The molecule has 0 aliphatic carbocycles. The molecule has 1 heterocycles. The molecule has 1 amide bonds. The Bertz CT molecular complexity index is 486. The summed E-state index contributed by atoms with van der Waals surface area (Å²) in [5, 5.41) is 10.1. The number of aliphatic hydroxyl groups is 1. The molecule has 0 spiro atoms. The summed E-state index contributed by atoms with van der Waals surface area (Å²) in [5.41, 5.74) is 4.11. The fourth-order valence-electron chi connectivity index (χ4n) is 2.56. The van der Waals surface area contributed by atoms with Gasteiger partial charge in [0.05, 0.1) is 5.60 Å². The number of aryl methyl sites for hydroxylation is 1. The molecule has 1 aromatic rings. The van der Waals surface area contributed by atoms with Crippen LogP contribution >= 0.6 is 0 Å². The molecule has 0 aromatic heterocycles. The van der Waals surface area contributed by atoms with Crippen molar-refractivity contribution >= 4 is 11.6 Å². The third-order valence-corrected chi connectivity index (χ3v) is 3.59. The molecule has 1 fully saturated rings. The first-order chi connectivity index (χ1) is 8.93. The predicted octanol–water partition coefficient (Wildman–Crippen LogP) is 1.27. The van der Waals surface area contributed by atoms with Crippen molar-refractivity contribution in [2.45, 2.75) is 32.3 Å². The van der Waals surface area contributed by atoms with Crippen LogP contribution in [0.1, 0.15) is 35.7 Å². The molecular weight excluding hydrogens is 242 g/mol. The monoisotopic (exact) mass is 263 g/mol. The van der Waals surface area contributed by atoms with E-state index in [-0.39, 0.29) is 5.91 Å². The summed E-state index contributed by atoms with van der Waals surface area (Å²) in [6.07, 6.45) is 1.58. The van der Waals surface area contributed by atoms with Gasteiger partial charge < -0.3 is 15.4 Å². The third kappa shape index (κ3) is 3.05. The molecule has 0 saturated carbocycles. The highest BCUT2D eigenvalue weighted by atomic mass is 16.3. The fourth-order valence-corrected chi connectivity index (χ4v) is 2.56. The van der Waals surface area contributed by atoms with Crippen LogP contribution in [0.5, 0.6) is 0 Å². The number of carbonyl (C=O) groups is 1. The lowest BCUT2D eigenvalue weighted by atomic mass is 9.94. The van der Waals surface area contributed by atoms with E-state index in [0.717, 1.165) is 24.1 Å². The molecule has 5 heteroatoms. The van der Waals surface area contributed by atoms with Gasteiger partial charge in [-0.1, -0.05) is 0 Å². The zero-order valence-corrected chi connectivity index (χ0v) is 11.4. The molecule has 0 bridgehead atoms. The summed E-state index contributed by atoms with van der Waals surface area (Å²) in [6.45, 7) is 4.75. The minimum Gasteiger partial charge on any atom is -0.388 e. The Morgan fingerprint density at radius 1 is 1.53 bits per heavy atom. The molecule has 104 valence electrons. The number of carbonyl (C=O) groups excluding carboxylic acids is 1. The first kappa shape index (κ1) is 13.8. The number of anilines is 1. The van der Waals surface area contributed by atoms with Crippen LogP contribution in [0.4, 0.5) is 5.69 Å². The minimum absolute atomic E-state index is 0.0268. The number of rotatable bonds is 2. The van der Waals surface area contributed by atoms with Crippen molar-refractivity contribution in [1.82, 2.24) is 4.90 Å². The van der Waals surface area contributed by atoms with Crippen LogP contribution in [0, 0.1) is 6.92 Å². The van der Waals surface area contributed by atoms with Crippen molar-refractivity contribution in [3.05, 3.63) is 29.3 Å². The maximum atomic E-state index is 12.5.